The molecule has 0 fully saturated rings. The van der Waals surface area contributed by atoms with Gasteiger partial charge in [-0.05, 0) is 53.9 Å². The number of H-pyrrole nitrogens is 1. The standard InChI is InChI=1S/C21H20BrN3O5/c1-29-15-9-11-7-8-23-18(14(11)10-16(15)30-2)17-19(26)24-21(28)25(20(17)27)13-5-3-12(22)4-6-13/h3-6,9-10,18,23,27H,7-8H2,1-2H3,(H,24,26,28). The van der Waals surface area contributed by atoms with Crippen molar-refractivity contribution in [2.24, 2.45) is 0 Å². The Bertz CT molecular complexity index is 1220. The normalized spacial score (nSPS) is 15.5. The predicted octanol–water partition coefficient (Wildman–Crippen LogP) is 2.25. The quantitative estimate of drug-likeness (QED) is 0.536. The van der Waals surface area contributed by atoms with E-state index < -0.39 is 23.2 Å². The molecule has 9 heteroatoms. The molecule has 1 atom stereocenters. The monoisotopic (exact) mass is 473 g/mol. The summed E-state index contributed by atoms with van der Waals surface area (Å²) < 4.78 is 12.7. The molecule has 1 aromatic heterocycles. The molecule has 156 valence electrons. The summed E-state index contributed by atoms with van der Waals surface area (Å²) in [6.45, 7) is 0.587. The summed E-state index contributed by atoms with van der Waals surface area (Å²) in [5.41, 5.74) is 0.877. The maximum atomic E-state index is 12.8. The third-order valence-electron chi connectivity index (χ3n) is 5.19. The topological polar surface area (TPSA) is 106 Å². The van der Waals surface area contributed by atoms with Crippen LogP contribution in [0.3, 0.4) is 0 Å². The number of hydrogen-bond acceptors (Lipinski definition) is 6. The van der Waals surface area contributed by atoms with Gasteiger partial charge in [-0.15, -0.1) is 0 Å². The van der Waals surface area contributed by atoms with Gasteiger partial charge in [-0.25, -0.2) is 9.36 Å². The van der Waals surface area contributed by atoms with Crippen molar-refractivity contribution in [3.8, 4) is 23.1 Å². The number of ether oxygens (including phenoxy) is 2. The lowest BCUT2D eigenvalue weighted by Gasteiger charge is -2.28. The third kappa shape index (κ3) is 3.40. The summed E-state index contributed by atoms with van der Waals surface area (Å²) >= 11 is 3.35. The first kappa shape index (κ1) is 20.2. The number of nitrogens with one attached hydrogen (secondary N) is 2. The molecule has 0 bridgehead atoms. The molecule has 8 nitrogen and oxygen atoms in total. The van der Waals surface area contributed by atoms with Crippen molar-refractivity contribution in [1.29, 1.82) is 0 Å². The molecule has 0 saturated carbocycles. The molecule has 0 amide bonds. The van der Waals surface area contributed by atoms with E-state index in [1.54, 1.807) is 37.4 Å². The number of hydrogen-bond donors (Lipinski definition) is 3. The first-order valence-corrected chi connectivity index (χ1v) is 10.1. The first-order chi connectivity index (χ1) is 14.4. The molecule has 0 spiro atoms. The van der Waals surface area contributed by atoms with Gasteiger partial charge < -0.3 is 19.9 Å². The summed E-state index contributed by atoms with van der Waals surface area (Å²) in [6.07, 6.45) is 0.719. The van der Waals surface area contributed by atoms with Crippen molar-refractivity contribution in [2.75, 3.05) is 20.8 Å². The zero-order chi connectivity index (χ0) is 21.4. The van der Waals surface area contributed by atoms with Crippen molar-refractivity contribution >= 4 is 15.9 Å². The van der Waals surface area contributed by atoms with Gasteiger partial charge in [-0.1, -0.05) is 15.9 Å². The van der Waals surface area contributed by atoms with Crippen LogP contribution >= 0.6 is 15.9 Å². The van der Waals surface area contributed by atoms with E-state index in [0.717, 1.165) is 26.6 Å². The number of aromatic hydroxyl groups is 1. The van der Waals surface area contributed by atoms with E-state index in [-0.39, 0.29) is 5.56 Å². The van der Waals surface area contributed by atoms with Gasteiger partial charge in [0.15, 0.2) is 11.5 Å². The molecule has 1 aliphatic heterocycles. The van der Waals surface area contributed by atoms with Crippen LogP contribution in [-0.4, -0.2) is 35.4 Å². The minimum absolute atomic E-state index is 0.0608. The van der Waals surface area contributed by atoms with Crippen LogP contribution in [0.1, 0.15) is 22.7 Å². The number of aromatic amines is 1. The number of benzene rings is 2. The van der Waals surface area contributed by atoms with Gasteiger partial charge in [0.1, 0.15) is 0 Å². The van der Waals surface area contributed by atoms with Crippen LogP contribution in [0.4, 0.5) is 0 Å². The largest absolute Gasteiger partial charge is 0.494 e. The number of halogens is 1. The van der Waals surface area contributed by atoms with Crippen LogP contribution in [0.25, 0.3) is 5.69 Å². The van der Waals surface area contributed by atoms with E-state index in [0.29, 0.717) is 23.7 Å². The first-order valence-electron chi connectivity index (χ1n) is 9.27. The van der Waals surface area contributed by atoms with Crippen LogP contribution in [-0.2, 0) is 6.42 Å². The molecule has 30 heavy (non-hydrogen) atoms. The molecule has 4 rings (SSSR count). The van der Waals surface area contributed by atoms with E-state index in [9.17, 15) is 14.7 Å². The van der Waals surface area contributed by atoms with E-state index in [4.69, 9.17) is 9.47 Å². The lowest BCUT2D eigenvalue weighted by Crippen LogP contribution is -2.38. The molecule has 0 saturated heterocycles. The summed E-state index contributed by atoms with van der Waals surface area (Å²) in [7, 11) is 3.10. The van der Waals surface area contributed by atoms with E-state index in [1.165, 1.54) is 7.11 Å². The van der Waals surface area contributed by atoms with Crippen LogP contribution in [0.5, 0.6) is 17.4 Å². The molecule has 3 aromatic rings. The van der Waals surface area contributed by atoms with Crippen molar-refractivity contribution in [2.45, 2.75) is 12.5 Å². The molecule has 0 aliphatic carbocycles. The molecular weight excluding hydrogens is 454 g/mol. The number of nitrogens with zero attached hydrogens (tertiary/aromatic N) is 1. The summed E-state index contributed by atoms with van der Waals surface area (Å²) in [4.78, 5) is 27.6. The molecular formula is C21H20BrN3O5. The fourth-order valence-electron chi connectivity index (χ4n) is 3.77. The summed E-state index contributed by atoms with van der Waals surface area (Å²) in [5, 5.41) is 14.3. The highest BCUT2D eigenvalue weighted by molar-refractivity contribution is 9.10. The van der Waals surface area contributed by atoms with E-state index >= 15 is 0 Å². The van der Waals surface area contributed by atoms with Gasteiger partial charge in [0.05, 0.1) is 31.5 Å². The number of methoxy groups -OCH3 is 2. The minimum Gasteiger partial charge on any atom is -0.494 e. The second-order valence-corrected chi connectivity index (χ2v) is 7.77. The zero-order valence-corrected chi connectivity index (χ0v) is 17.9. The molecule has 1 unspecified atom stereocenters. The van der Waals surface area contributed by atoms with Crippen molar-refractivity contribution in [3.05, 3.63) is 78.4 Å². The van der Waals surface area contributed by atoms with Gasteiger partial charge in [0.2, 0.25) is 5.88 Å². The summed E-state index contributed by atoms with van der Waals surface area (Å²) in [6, 6.07) is 9.87. The maximum absolute atomic E-state index is 12.8. The van der Waals surface area contributed by atoms with Crippen LogP contribution < -0.4 is 26.0 Å². The Balaban J connectivity index is 1.93. The number of aromatic nitrogens is 2. The fraction of sp³-hybridized carbons (Fsp3) is 0.238. The molecule has 3 N–H and O–H groups in total. The van der Waals surface area contributed by atoms with Crippen LogP contribution in [0, 0.1) is 0 Å². The Morgan fingerprint density at radius 3 is 2.43 bits per heavy atom. The molecule has 2 heterocycles. The van der Waals surface area contributed by atoms with Crippen molar-refractivity contribution in [1.82, 2.24) is 14.9 Å². The van der Waals surface area contributed by atoms with Gasteiger partial charge in [0, 0.05) is 11.0 Å². The highest BCUT2D eigenvalue weighted by Gasteiger charge is 2.30. The predicted molar refractivity (Wildman–Crippen MR) is 115 cm³/mol. The smallest absolute Gasteiger partial charge is 0.335 e. The lowest BCUT2D eigenvalue weighted by atomic mass is 9.90. The van der Waals surface area contributed by atoms with Gasteiger partial charge in [0.25, 0.3) is 5.56 Å². The maximum Gasteiger partial charge on any atom is 0.335 e. The number of rotatable bonds is 4. The SMILES string of the molecule is COc1cc2c(cc1OC)C(c1c(O)n(-c3ccc(Br)cc3)c(=O)[nH]c1=O)NCC2. The Kier molecular flexibility index (Phi) is 5.40. The second-order valence-electron chi connectivity index (χ2n) is 6.85. The van der Waals surface area contributed by atoms with Gasteiger partial charge >= 0.3 is 5.69 Å². The fourth-order valence-corrected chi connectivity index (χ4v) is 4.03. The summed E-state index contributed by atoms with van der Waals surface area (Å²) in [5.74, 6) is 0.697. The molecule has 2 aromatic carbocycles. The average Bonchev–Trinajstić information content (AvgIpc) is 2.73. The molecule has 0 radical (unpaired) electrons. The lowest BCUT2D eigenvalue weighted by molar-refractivity contribution is 0.352. The van der Waals surface area contributed by atoms with Crippen molar-refractivity contribution < 1.29 is 14.6 Å². The van der Waals surface area contributed by atoms with E-state index in [2.05, 4.69) is 26.2 Å². The zero-order valence-electron chi connectivity index (χ0n) is 16.4. The van der Waals surface area contributed by atoms with Gasteiger partial charge in [-0.2, -0.15) is 0 Å². The Hall–Kier alpha value is -3.04. The molecule has 1 aliphatic rings. The third-order valence-corrected chi connectivity index (χ3v) is 5.72. The Morgan fingerprint density at radius 2 is 1.77 bits per heavy atom. The number of fused-ring (bicyclic) bond motifs is 1. The minimum atomic E-state index is -0.716. The van der Waals surface area contributed by atoms with Crippen LogP contribution in [0.15, 0.2) is 50.5 Å². The highest BCUT2D eigenvalue weighted by atomic mass is 79.9. The highest BCUT2D eigenvalue weighted by Crippen LogP contribution is 2.38. The average molecular weight is 474 g/mol. The second kappa shape index (κ2) is 8.00. The van der Waals surface area contributed by atoms with Crippen molar-refractivity contribution in [3.63, 3.8) is 0 Å². The van der Waals surface area contributed by atoms with Gasteiger partial charge in [-0.3, -0.25) is 9.78 Å². The Morgan fingerprint density at radius 1 is 1.10 bits per heavy atom. The Labute approximate surface area is 180 Å². The van der Waals surface area contributed by atoms with Crippen LogP contribution in [0.2, 0.25) is 0 Å². The van der Waals surface area contributed by atoms with E-state index in [1.807, 2.05) is 6.07 Å².